The molecule has 0 unspecified atom stereocenters. The van der Waals surface area contributed by atoms with Crippen LogP contribution in [0.15, 0.2) is 53.3 Å². The van der Waals surface area contributed by atoms with E-state index < -0.39 is 35.3 Å². The molecule has 0 aliphatic heterocycles. The lowest BCUT2D eigenvalue weighted by atomic mass is 10.1. The Kier molecular flexibility index (Phi) is 5.59. The molecule has 3 aromatic rings. The molecule has 156 valence electrons. The van der Waals surface area contributed by atoms with Gasteiger partial charge in [0, 0.05) is 18.1 Å². The second kappa shape index (κ2) is 7.97. The summed E-state index contributed by atoms with van der Waals surface area (Å²) < 4.78 is 44.0. The number of alkyl halides is 3. The maximum absolute atomic E-state index is 12.6. The van der Waals surface area contributed by atoms with Gasteiger partial charge in [0.1, 0.15) is 0 Å². The van der Waals surface area contributed by atoms with Crippen LogP contribution in [0.2, 0.25) is 0 Å². The molecular formula is C20H16F3N3O4. The van der Waals surface area contributed by atoms with E-state index in [4.69, 9.17) is 4.74 Å². The number of ether oxygens (including phenoxy) is 1. The number of esters is 1. The van der Waals surface area contributed by atoms with E-state index in [1.165, 1.54) is 26.1 Å². The predicted molar refractivity (Wildman–Crippen MR) is 102 cm³/mol. The zero-order valence-electron chi connectivity index (χ0n) is 15.9. The van der Waals surface area contributed by atoms with E-state index in [1.54, 1.807) is 12.1 Å². The Morgan fingerprint density at radius 2 is 1.67 bits per heavy atom. The molecule has 0 bridgehead atoms. The molecule has 7 nitrogen and oxygen atoms in total. The molecule has 1 atom stereocenters. The second-order valence-corrected chi connectivity index (χ2v) is 6.43. The zero-order valence-corrected chi connectivity index (χ0v) is 15.9. The lowest BCUT2D eigenvalue weighted by Gasteiger charge is -2.15. The largest absolute Gasteiger partial charge is 0.448 e. The third-order valence-electron chi connectivity index (χ3n) is 4.28. The summed E-state index contributed by atoms with van der Waals surface area (Å²) in [5.41, 5.74) is -1.27. The van der Waals surface area contributed by atoms with Gasteiger partial charge in [0.25, 0.3) is 11.5 Å². The highest BCUT2D eigenvalue weighted by molar-refractivity contribution is 6.03. The molecule has 2 aromatic carbocycles. The number of carbonyl (C=O) groups excluding carboxylic acids is 2. The highest BCUT2D eigenvalue weighted by atomic mass is 19.4. The Bertz CT molecular complexity index is 1170. The summed E-state index contributed by atoms with van der Waals surface area (Å²) in [5, 5.41) is 6.84. The van der Waals surface area contributed by atoms with Crippen LogP contribution in [0.5, 0.6) is 0 Å². The van der Waals surface area contributed by atoms with Crippen molar-refractivity contribution in [2.24, 2.45) is 7.05 Å². The summed E-state index contributed by atoms with van der Waals surface area (Å²) in [7, 11) is 1.38. The topological polar surface area (TPSA) is 90.3 Å². The molecule has 0 aliphatic carbocycles. The number of nitrogens with one attached hydrogen (secondary N) is 1. The van der Waals surface area contributed by atoms with Crippen molar-refractivity contribution in [2.45, 2.75) is 19.2 Å². The zero-order chi connectivity index (χ0) is 22.1. The molecule has 0 radical (unpaired) electrons. The van der Waals surface area contributed by atoms with Crippen LogP contribution in [0.25, 0.3) is 10.8 Å². The molecule has 3 rings (SSSR count). The first-order valence-corrected chi connectivity index (χ1v) is 8.73. The summed E-state index contributed by atoms with van der Waals surface area (Å²) >= 11 is 0. The van der Waals surface area contributed by atoms with Crippen molar-refractivity contribution in [3.05, 3.63) is 70.1 Å². The minimum Gasteiger partial charge on any atom is -0.448 e. The van der Waals surface area contributed by atoms with Gasteiger partial charge in [0.15, 0.2) is 11.8 Å². The minimum absolute atomic E-state index is 0.113. The van der Waals surface area contributed by atoms with Gasteiger partial charge in [0.05, 0.1) is 10.9 Å². The number of nitrogens with zero attached hydrogens (tertiary/aromatic N) is 2. The van der Waals surface area contributed by atoms with Crippen LogP contribution >= 0.6 is 0 Å². The van der Waals surface area contributed by atoms with Gasteiger partial charge < -0.3 is 10.1 Å². The molecule has 0 saturated carbocycles. The van der Waals surface area contributed by atoms with E-state index in [0.29, 0.717) is 0 Å². The standard InChI is InChI=1S/C20H16F3N3O4/c1-11(17(27)24-13-9-7-12(8-10-13)20(21,22)23)30-19(29)16-14-5-3-4-6-15(14)18(28)26(2)25-16/h3-11H,1-2H3,(H,24,27)/t11-/m0/s1. The maximum atomic E-state index is 12.6. The molecule has 1 heterocycles. The number of halogens is 3. The molecule has 0 saturated heterocycles. The fourth-order valence-electron chi connectivity index (χ4n) is 2.71. The number of anilines is 1. The molecule has 30 heavy (non-hydrogen) atoms. The lowest BCUT2D eigenvalue weighted by molar-refractivity contribution is -0.137. The van der Waals surface area contributed by atoms with E-state index in [-0.39, 0.29) is 22.2 Å². The van der Waals surface area contributed by atoms with Crippen LogP contribution in [0.1, 0.15) is 23.0 Å². The average Bonchev–Trinajstić information content (AvgIpc) is 2.70. The van der Waals surface area contributed by atoms with Gasteiger partial charge in [-0.05, 0) is 37.3 Å². The van der Waals surface area contributed by atoms with Gasteiger partial charge in [-0.1, -0.05) is 18.2 Å². The van der Waals surface area contributed by atoms with Crippen molar-refractivity contribution in [1.29, 1.82) is 0 Å². The van der Waals surface area contributed by atoms with Crippen molar-refractivity contribution in [3.8, 4) is 0 Å². The van der Waals surface area contributed by atoms with Gasteiger partial charge in [0.2, 0.25) is 0 Å². The minimum atomic E-state index is -4.49. The number of hydrogen-bond donors (Lipinski definition) is 1. The summed E-state index contributed by atoms with van der Waals surface area (Å²) in [5.74, 6) is -1.66. The van der Waals surface area contributed by atoms with E-state index >= 15 is 0 Å². The van der Waals surface area contributed by atoms with Crippen molar-refractivity contribution >= 4 is 28.3 Å². The van der Waals surface area contributed by atoms with Crippen LogP contribution < -0.4 is 10.9 Å². The fraction of sp³-hybridized carbons (Fsp3) is 0.200. The highest BCUT2D eigenvalue weighted by Crippen LogP contribution is 2.29. The molecular weight excluding hydrogens is 403 g/mol. The molecule has 10 heteroatoms. The quantitative estimate of drug-likeness (QED) is 0.657. The van der Waals surface area contributed by atoms with Crippen molar-refractivity contribution in [1.82, 2.24) is 9.78 Å². The van der Waals surface area contributed by atoms with Crippen LogP contribution in [-0.4, -0.2) is 27.8 Å². The fourth-order valence-corrected chi connectivity index (χ4v) is 2.71. The van der Waals surface area contributed by atoms with Crippen molar-refractivity contribution in [3.63, 3.8) is 0 Å². The summed E-state index contributed by atoms with van der Waals surface area (Å²) in [4.78, 5) is 36.9. The maximum Gasteiger partial charge on any atom is 0.416 e. The first kappa shape index (κ1) is 21.0. The molecule has 1 amide bonds. The SMILES string of the molecule is C[C@H](OC(=O)c1nn(C)c(=O)c2ccccc12)C(=O)Nc1ccc(C(F)(F)F)cc1. The number of carbonyl (C=O) groups is 2. The third-order valence-corrected chi connectivity index (χ3v) is 4.28. The Morgan fingerprint density at radius 1 is 1.07 bits per heavy atom. The van der Waals surface area contributed by atoms with Gasteiger partial charge in [-0.15, -0.1) is 0 Å². The van der Waals surface area contributed by atoms with E-state index in [0.717, 1.165) is 28.9 Å². The number of hydrogen-bond acceptors (Lipinski definition) is 5. The summed E-state index contributed by atoms with van der Waals surface area (Å²) in [6, 6.07) is 10.2. The molecule has 0 aliphatic rings. The van der Waals surface area contributed by atoms with Crippen molar-refractivity contribution < 1.29 is 27.5 Å². The second-order valence-electron chi connectivity index (χ2n) is 6.43. The first-order valence-electron chi connectivity index (χ1n) is 8.73. The third kappa shape index (κ3) is 4.32. The lowest BCUT2D eigenvalue weighted by Crippen LogP contribution is -2.31. The van der Waals surface area contributed by atoms with Gasteiger partial charge in [-0.2, -0.15) is 18.3 Å². The Labute approximate surface area is 168 Å². The number of amides is 1. The summed E-state index contributed by atoms with van der Waals surface area (Å²) in [6.45, 7) is 1.31. The Balaban J connectivity index is 1.74. The van der Waals surface area contributed by atoms with Crippen molar-refractivity contribution in [2.75, 3.05) is 5.32 Å². The number of fused-ring (bicyclic) bond motifs is 1. The van der Waals surface area contributed by atoms with Crippen LogP contribution in [0.4, 0.5) is 18.9 Å². The van der Waals surface area contributed by atoms with Gasteiger partial charge in [-0.25, -0.2) is 9.48 Å². The van der Waals surface area contributed by atoms with Gasteiger partial charge >= 0.3 is 12.1 Å². The average molecular weight is 419 g/mol. The molecule has 0 fully saturated rings. The number of aromatic nitrogens is 2. The Morgan fingerprint density at radius 3 is 2.27 bits per heavy atom. The number of benzene rings is 2. The monoisotopic (exact) mass is 419 g/mol. The Hall–Kier alpha value is -3.69. The first-order chi connectivity index (χ1) is 14.1. The van der Waals surface area contributed by atoms with Crippen LogP contribution in [0, 0.1) is 0 Å². The summed E-state index contributed by atoms with van der Waals surface area (Å²) in [6.07, 6.45) is -5.76. The highest BCUT2D eigenvalue weighted by Gasteiger charge is 2.30. The predicted octanol–water partition coefficient (Wildman–Crippen LogP) is 3.14. The van der Waals surface area contributed by atoms with Gasteiger partial charge in [-0.3, -0.25) is 9.59 Å². The molecule has 1 aromatic heterocycles. The van der Waals surface area contributed by atoms with Crippen LogP contribution in [0.3, 0.4) is 0 Å². The smallest absolute Gasteiger partial charge is 0.416 e. The van der Waals surface area contributed by atoms with E-state index in [9.17, 15) is 27.6 Å². The normalized spacial score (nSPS) is 12.4. The molecule has 1 N–H and O–H groups in total. The van der Waals surface area contributed by atoms with Crippen LogP contribution in [-0.2, 0) is 22.8 Å². The van der Waals surface area contributed by atoms with E-state index in [1.807, 2.05) is 0 Å². The number of rotatable bonds is 4. The van der Waals surface area contributed by atoms with E-state index in [2.05, 4.69) is 10.4 Å². The molecule has 0 spiro atoms. The number of aryl methyl sites for hydroxylation is 1.